The summed E-state index contributed by atoms with van der Waals surface area (Å²) in [6, 6.07) is 11.3. The van der Waals surface area contributed by atoms with Crippen LogP contribution in [0.5, 0.6) is 0 Å². The van der Waals surface area contributed by atoms with Gasteiger partial charge < -0.3 is 4.90 Å². The molecule has 1 aromatic carbocycles. The van der Waals surface area contributed by atoms with Gasteiger partial charge in [0.2, 0.25) is 10.0 Å². The summed E-state index contributed by atoms with van der Waals surface area (Å²) in [5.41, 5.74) is 1.80. The van der Waals surface area contributed by atoms with Gasteiger partial charge in [-0.15, -0.1) is 11.3 Å². The molecule has 0 bridgehead atoms. The quantitative estimate of drug-likeness (QED) is 0.584. The molecule has 4 rings (SSSR count). The Morgan fingerprint density at radius 1 is 1.13 bits per heavy atom. The number of carbonyl (C=O) groups excluding carboxylic acids is 1. The van der Waals surface area contributed by atoms with Crippen LogP contribution in [0.2, 0.25) is 0 Å². The molecule has 2 aromatic heterocycles. The fourth-order valence-electron chi connectivity index (χ4n) is 3.58. The molecule has 7 nitrogen and oxygen atoms in total. The monoisotopic (exact) mass is 444 g/mol. The number of amides is 1. The highest BCUT2D eigenvalue weighted by molar-refractivity contribution is 7.89. The molecule has 0 spiro atoms. The number of hydrogen-bond donors (Lipinski definition) is 0. The fraction of sp³-hybridized carbons (Fsp3) is 0.333. The second-order valence-corrected chi connectivity index (χ2v) is 10.2. The van der Waals surface area contributed by atoms with E-state index in [0.717, 1.165) is 30.5 Å². The highest BCUT2D eigenvalue weighted by atomic mass is 32.2. The average Bonchev–Trinajstić information content (AvgIpc) is 3.45. The minimum absolute atomic E-state index is 0.117. The van der Waals surface area contributed by atoms with Gasteiger partial charge in [0.1, 0.15) is 9.77 Å². The zero-order valence-electron chi connectivity index (χ0n) is 16.8. The van der Waals surface area contributed by atoms with Crippen LogP contribution in [0, 0.1) is 0 Å². The van der Waals surface area contributed by atoms with Gasteiger partial charge in [-0.2, -0.15) is 9.40 Å². The number of benzene rings is 1. The predicted octanol–water partition coefficient (Wildman–Crippen LogP) is 3.38. The van der Waals surface area contributed by atoms with Crippen LogP contribution in [0.15, 0.2) is 59.1 Å². The smallest absolute Gasteiger partial charge is 0.265 e. The summed E-state index contributed by atoms with van der Waals surface area (Å²) in [5.74, 6) is -0.298. The molecule has 0 saturated carbocycles. The third kappa shape index (κ3) is 4.19. The van der Waals surface area contributed by atoms with E-state index in [0.29, 0.717) is 19.6 Å². The number of nitrogens with zero attached hydrogens (tertiary/aromatic N) is 4. The number of piperidine rings is 1. The number of sulfonamides is 1. The molecule has 0 N–H and O–H groups in total. The first-order valence-electron chi connectivity index (χ1n) is 9.89. The third-order valence-electron chi connectivity index (χ3n) is 5.18. The maximum atomic E-state index is 13.1. The van der Waals surface area contributed by atoms with E-state index in [-0.39, 0.29) is 15.7 Å². The molecule has 1 saturated heterocycles. The second kappa shape index (κ2) is 8.71. The lowest BCUT2D eigenvalue weighted by Gasteiger charge is -2.26. The van der Waals surface area contributed by atoms with Crippen molar-refractivity contribution in [2.24, 2.45) is 0 Å². The molecule has 0 unspecified atom stereocenters. The molecule has 30 heavy (non-hydrogen) atoms. The van der Waals surface area contributed by atoms with Gasteiger partial charge in [-0.3, -0.25) is 4.79 Å². The van der Waals surface area contributed by atoms with Gasteiger partial charge in [-0.25, -0.2) is 13.1 Å². The molecule has 9 heteroatoms. The largest absolute Gasteiger partial charge is 0.337 e. The topological polar surface area (TPSA) is 75.5 Å². The van der Waals surface area contributed by atoms with E-state index in [4.69, 9.17) is 0 Å². The van der Waals surface area contributed by atoms with Crippen molar-refractivity contribution in [3.05, 3.63) is 64.6 Å². The number of carbonyl (C=O) groups is 1. The van der Waals surface area contributed by atoms with Crippen LogP contribution in [-0.2, 0) is 16.6 Å². The van der Waals surface area contributed by atoms with E-state index in [1.807, 2.05) is 36.5 Å². The summed E-state index contributed by atoms with van der Waals surface area (Å²) in [5, 5.41) is 6.03. The first-order valence-corrected chi connectivity index (χ1v) is 12.2. The summed E-state index contributed by atoms with van der Waals surface area (Å²) in [7, 11) is -1.97. The molecular weight excluding hydrogens is 420 g/mol. The van der Waals surface area contributed by atoms with Crippen LogP contribution in [0.1, 0.15) is 34.5 Å². The SMILES string of the molecule is CN(Cc1cnn(-c2ccccc2)c1)C(=O)c1sccc1S(=O)(=O)N1CCCCC1. The van der Waals surface area contributed by atoms with Crippen LogP contribution < -0.4 is 0 Å². The van der Waals surface area contributed by atoms with Crippen LogP contribution >= 0.6 is 11.3 Å². The lowest BCUT2D eigenvalue weighted by Crippen LogP contribution is -2.36. The summed E-state index contributed by atoms with van der Waals surface area (Å²) in [6.45, 7) is 1.37. The van der Waals surface area contributed by atoms with Crippen LogP contribution in [-0.4, -0.2) is 53.4 Å². The normalized spacial score (nSPS) is 15.2. The number of para-hydroxylation sites is 1. The number of thiophene rings is 1. The van der Waals surface area contributed by atoms with Crippen molar-refractivity contribution in [2.45, 2.75) is 30.7 Å². The van der Waals surface area contributed by atoms with Gasteiger partial charge in [0, 0.05) is 38.4 Å². The molecule has 1 aliphatic rings. The van der Waals surface area contributed by atoms with Gasteiger partial charge in [-0.1, -0.05) is 24.6 Å². The Kier molecular flexibility index (Phi) is 6.03. The summed E-state index contributed by atoms with van der Waals surface area (Å²) >= 11 is 1.17. The van der Waals surface area contributed by atoms with E-state index in [2.05, 4.69) is 5.10 Å². The molecule has 1 aliphatic heterocycles. The van der Waals surface area contributed by atoms with Crippen molar-refractivity contribution >= 4 is 27.3 Å². The third-order valence-corrected chi connectivity index (χ3v) is 8.15. The lowest BCUT2D eigenvalue weighted by molar-refractivity contribution is 0.0786. The Balaban J connectivity index is 1.50. The van der Waals surface area contributed by atoms with E-state index in [9.17, 15) is 13.2 Å². The molecule has 3 heterocycles. The zero-order chi connectivity index (χ0) is 21.1. The van der Waals surface area contributed by atoms with E-state index in [1.54, 1.807) is 29.4 Å². The van der Waals surface area contributed by atoms with Crippen molar-refractivity contribution in [1.29, 1.82) is 0 Å². The minimum atomic E-state index is -3.65. The molecule has 158 valence electrons. The van der Waals surface area contributed by atoms with Gasteiger partial charge in [-0.05, 0) is 36.4 Å². The molecule has 3 aromatic rings. The maximum absolute atomic E-state index is 13.1. The van der Waals surface area contributed by atoms with Crippen molar-refractivity contribution in [1.82, 2.24) is 19.0 Å². The summed E-state index contributed by atoms with van der Waals surface area (Å²) < 4.78 is 29.4. The van der Waals surface area contributed by atoms with Gasteiger partial charge in [0.25, 0.3) is 5.91 Å². The Morgan fingerprint density at radius 2 is 1.87 bits per heavy atom. The highest BCUT2D eigenvalue weighted by Gasteiger charge is 2.31. The Bertz CT molecular complexity index is 1120. The number of hydrogen-bond acceptors (Lipinski definition) is 5. The van der Waals surface area contributed by atoms with Crippen LogP contribution in [0.25, 0.3) is 5.69 Å². The maximum Gasteiger partial charge on any atom is 0.265 e. The van der Waals surface area contributed by atoms with E-state index < -0.39 is 10.0 Å². The van der Waals surface area contributed by atoms with Crippen molar-refractivity contribution in [3.63, 3.8) is 0 Å². The average molecular weight is 445 g/mol. The van der Waals surface area contributed by atoms with Gasteiger partial charge in [0.15, 0.2) is 0 Å². The van der Waals surface area contributed by atoms with Crippen LogP contribution in [0.3, 0.4) is 0 Å². The molecule has 0 atom stereocenters. The Morgan fingerprint density at radius 3 is 2.60 bits per heavy atom. The fourth-order valence-corrected chi connectivity index (χ4v) is 6.49. The lowest BCUT2D eigenvalue weighted by atomic mass is 10.2. The minimum Gasteiger partial charge on any atom is -0.337 e. The van der Waals surface area contributed by atoms with Gasteiger partial charge in [0.05, 0.1) is 11.9 Å². The molecule has 0 radical (unpaired) electrons. The second-order valence-electron chi connectivity index (χ2n) is 7.37. The van der Waals surface area contributed by atoms with Crippen molar-refractivity contribution in [2.75, 3.05) is 20.1 Å². The molecule has 1 fully saturated rings. The standard InChI is InChI=1S/C21H24N4O3S2/c1-23(15-17-14-22-25(16-17)18-8-4-2-5-9-18)21(26)20-19(10-13-29-20)30(27,28)24-11-6-3-7-12-24/h2,4-5,8-10,13-14,16H,3,6-7,11-12,15H2,1H3. The first kappa shape index (κ1) is 20.8. The summed E-state index contributed by atoms with van der Waals surface area (Å²) in [6.07, 6.45) is 6.35. The van der Waals surface area contributed by atoms with Gasteiger partial charge >= 0.3 is 0 Å². The Labute approximate surface area is 180 Å². The zero-order valence-corrected chi connectivity index (χ0v) is 18.4. The molecular formula is C21H24N4O3S2. The van der Waals surface area contributed by atoms with E-state index in [1.165, 1.54) is 20.5 Å². The van der Waals surface area contributed by atoms with E-state index >= 15 is 0 Å². The number of aromatic nitrogens is 2. The highest BCUT2D eigenvalue weighted by Crippen LogP contribution is 2.28. The van der Waals surface area contributed by atoms with Crippen LogP contribution in [0.4, 0.5) is 0 Å². The molecule has 1 amide bonds. The van der Waals surface area contributed by atoms with Crippen molar-refractivity contribution in [3.8, 4) is 5.69 Å². The Hall–Kier alpha value is -2.49. The predicted molar refractivity (Wildman–Crippen MR) is 116 cm³/mol. The molecule has 0 aliphatic carbocycles. The summed E-state index contributed by atoms with van der Waals surface area (Å²) in [4.78, 5) is 15.0. The van der Waals surface area contributed by atoms with Crippen molar-refractivity contribution < 1.29 is 13.2 Å². The first-order chi connectivity index (χ1) is 14.5. The number of rotatable bonds is 6.